The molecule has 0 saturated carbocycles. The fraction of sp³-hybridized carbons (Fsp3) is 0. The van der Waals surface area contributed by atoms with E-state index in [2.05, 4.69) is 20.4 Å². The van der Waals surface area contributed by atoms with Gasteiger partial charge in [-0.1, -0.05) is 30.3 Å². The zero-order chi connectivity index (χ0) is 14.7. The minimum absolute atomic E-state index is 0.0144. The molecule has 0 saturated heterocycles. The molecule has 0 radical (unpaired) electrons. The molecule has 7 heteroatoms. The molecule has 0 amide bonds. The topological polar surface area (TPSA) is 94.7 Å². The van der Waals surface area contributed by atoms with Crippen molar-refractivity contribution >= 4 is 5.69 Å². The van der Waals surface area contributed by atoms with Gasteiger partial charge in [-0.25, -0.2) is 0 Å². The molecule has 0 aliphatic rings. The maximum absolute atomic E-state index is 10.6. The van der Waals surface area contributed by atoms with E-state index >= 15 is 0 Å². The van der Waals surface area contributed by atoms with E-state index in [9.17, 15) is 10.1 Å². The Bertz CT molecular complexity index is 758. The van der Waals surface area contributed by atoms with Gasteiger partial charge in [0.25, 0.3) is 5.69 Å². The maximum Gasteiger partial charge on any atom is 0.269 e. The van der Waals surface area contributed by atoms with Crippen LogP contribution in [0, 0.1) is 10.1 Å². The van der Waals surface area contributed by atoms with Gasteiger partial charge in [0.2, 0.25) is 11.6 Å². The first-order valence-corrected chi connectivity index (χ1v) is 6.12. The Morgan fingerprint density at radius 1 is 0.714 bits per heavy atom. The van der Waals surface area contributed by atoms with Crippen LogP contribution in [-0.4, -0.2) is 25.3 Å². The van der Waals surface area contributed by atoms with Crippen molar-refractivity contribution in [2.24, 2.45) is 0 Å². The lowest BCUT2D eigenvalue weighted by Gasteiger charge is -2.00. The van der Waals surface area contributed by atoms with E-state index in [1.54, 1.807) is 12.1 Å². The van der Waals surface area contributed by atoms with E-state index in [-0.39, 0.29) is 5.69 Å². The number of non-ortho nitro benzene ring substituents is 1. The van der Waals surface area contributed by atoms with Crippen molar-refractivity contribution < 1.29 is 4.92 Å². The first kappa shape index (κ1) is 12.8. The standard InChI is InChI=1S/C14H9N5O2/c20-19(21)12-8-6-11(7-9-12)14-17-15-13(16-18-14)10-4-2-1-3-5-10/h1-9H. The number of nitrogens with zero attached hydrogens (tertiary/aromatic N) is 5. The molecule has 0 fully saturated rings. The van der Waals surface area contributed by atoms with Crippen molar-refractivity contribution in [1.82, 2.24) is 20.4 Å². The van der Waals surface area contributed by atoms with Crippen LogP contribution in [0.3, 0.4) is 0 Å². The number of hydrogen-bond donors (Lipinski definition) is 0. The number of hydrogen-bond acceptors (Lipinski definition) is 6. The van der Waals surface area contributed by atoms with E-state index in [1.807, 2.05) is 30.3 Å². The highest BCUT2D eigenvalue weighted by Gasteiger charge is 2.09. The van der Waals surface area contributed by atoms with Crippen molar-refractivity contribution in [3.8, 4) is 22.8 Å². The summed E-state index contributed by atoms with van der Waals surface area (Å²) in [6, 6.07) is 15.3. The summed E-state index contributed by atoms with van der Waals surface area (Å²) in [6.07, 6.45) is 0. The Balaban J connectivity index is 1.89. The second kappa shape index (κ2) is 5.41. The maximum atomic E-state index is 10.6. The van der Waals surface area contributed by atoms with Gasteiger partial charge in [0.1, 0.15) is 0 Å². The third-order valence-corrected chi connectivity index (χ3v) is 2.85. The number of nitro groups is 1. The predicted octanol–water partition coefficient (Wildman–Crippen LogP) is 2.51. The molecule has 3 aromatic rings. The van der Waals surface area contributed by atoms with E-state index in [0.717, 1.165) is 5.56 Å². The van der Waals surface area contributed by atoms with Crippen LogP contribution in [0.5, 0.6) is 0 Å². The van der Waals surface area contributed by atoms with Crippen molar-refractivity contribution in [2.75, 3.05) is 0 Å². The minimum atomic E-state index is -0.459. The van der Waals surface area contributed by atoms with Crippen molar-refractivity contribution in [1.29, 1.82) is 0 Å². The van der Waals surface area contributed by atoms with Crippen molar-refractivity contribution in [3.63, 3.8) is 0 Å². The zero-order valence-corrected chi connectivity index (χ0v) is 10.7. The van der Waals surface area contributed by atoms with Gasteiger partial charge in [-0.2, -0.15) is 0 Å². The third kappa shape index (κ3) is 2.71. The lowest BCUT2D eigenvalue weighted by Crippen LogP contribution is -1.99. The molecule has 0 unspecified atom stereocenters. The molecule has 0 aliphatic carbocycles. The summed E-state index contributed by atoms with van der Waals surface area (Å²) in [4.78, 5) is 10.1. The Morgan fingerprint density at radius 2 is 1.19 bits per heavy atom. The average molecular weight is 279 g/mol. The van der Waals surface area contributed by atoms with Gasteiger partial charge in [0.15, 0.2) is 0 Å². The van der Waals surface area contributed by atoms with Crippen LogP contribution in [0.15, 0.2) is 54.6 Å². The van der Waals surface area contributed by atoms with Crippen molar-refractivity contribution in [2.45, 2.75) is 0 Å². The molecular weight excluding hydrogens is 270 g/mol. The number of nitro benzene ring substituents is 1. The molecule has 3 rings (SSSR count). The summed E-state index contributed by atoms with van der Waals surface area (Å²) >= 11 is 0. The molecular formula is C14H9N5O2. The minimum Gasteiger partial charge on any atom is -0.258 e. The molecule has 2 aromatic carbocycles. The molecule has 0 spiro atoms. The first-order chi connectivity index (χ1) is 10.2. The molecule has 0 N–H and O–H groups in total. The second-order valence-corrected chi connectivity index (χ2v) is 4.22. The number of benzene rings is 2. The summed E-state index contributed by atoms with van der Waals surface area (Å²) < 4.78 is 0. The number of rotatable bonds is 3. The lowest BCUT2D eigenvalue weighted by atomic mass is 10.2. The fourth-order valence-corrected chi connectivity index (χ4v) is 1.78. The summed E-state index contributed by atoms with van der Waals surface area (Å²) in [6.45, 7) is 0. The highest BCUT2D eigenvalue weighted by atomic mass is 16.6. The second-order valence-electron chi connectivity index (χ2n) is 4.22. The van der Waals surface area contributed by atoms with Gasteiger partial charge in [-0.3, -0.25) is 10.1 Å². The molecule has 7 nitrogen and oxygen atoms in total. The van der Waals surface area contributed by atoms with Gasteiger partial charge in [-0.15, -0.1) is 20.4 Å². The van der Waals surface area contributed by atoms with Gasteiger partial charge in [0.05, 0.1) is 4.92 Å². The van der Waals surface area contributed by atoms with Gasteiger partial charge >= 0.3 is 0 Å². The molecule has 1 heterocycles. The summed E-state index contributed by atoms with van der Waals surface area (Å²) in [5.74, 6) is 0.755. The largest absolute Gasteiger partial charge is 0.269 e. The van der Waals surface area contributed by atoms with Gasteiger partial charge in [0, 0.05) is 23.3 Å². The summed E-state index contributed by atoms with van der Waals surface area (Å²) in [5.41, 5.74) is 1.47. The van der Waals surface area contributed by atoms with Gasteiger partial charge < -0.3 is 0 Å². The van der Waals surface area contributed by atoms with Crippen LogP contribution in [0.25, 0.3) is 22.8 Å². The zero-order valence-electron chi connectivity index (χ0n) is 10.7. The Labute approximate surface area is 119 Å². The average Bonchev–Trinajstić information content (AvgIpc) is 2.56. The van der Waals surface area contributed by atoms with E-state index in [0.29, 0.717) is 17.2 Å². The van der Waals surface area contributed by atoms with Crippen LogP contribution in [0.4, 0.5) is 5.69 Å². The summed E-state index contributed by atoms with van der Waals surface area (Å²) in [7, 11) is 0. The predicted molar refractivity (Wildman–Crippen MR) is 75.1 cm³/mol. The van der Waals surface area contributed by atoms with Crippen molar-refractivity contribution in [3.05, 3.63) is 64.7 Å². The quantitative estimate of drug-likeness (QED) is 0.540. The third-order valence-electron chi connectivity index (χ3n) is 2.85. The Hall–Kier alpha value is -3.22. The first-order valence-electron chi connectivity index (χ1n) is 6.12. The fourth-order valence-electron chi connectivity index (χ4n) is 1.78. The smallest absolute Gasteiger partial charge is 0.258 e. The molecule has 0 aliphatic heterocycles. The molecule has 102 valence electrons. The number of aromatic nitrogens is 4. The van der Waals surface area contributed by atoms with Gasteiger partial charge in [-0.05, 0) is 12.1 Å². The lowest BCUT2D eigenvalue weighted by molar-refractivity contribution is -0.384. The molecule has 0 atom stereocenters. The Kier molecular flexibility index (Phi) is 3.30. The van der Waals surface area contributed by atoms with Crippen LogP contribution < -0.4 is 0 Å². The van der Waals surface area contributed by atoms with Crippen LogP contribution >= 0.6 is 0 Å². The van der Waals surface area contributed by atoms with Crippen LogP contribution in [-0.2, 0) is 0 Å². The van der Waals surface area contributed by atoms with E-state index < -0.39 is 4.92 Å². The highest BCUT2D eigenvalue weighted by Crippen LogP contribution is 2.19. The Morgan fingerprint density at radius 3 is 1.67 bits per heavy atom. The highest BCUT2D eigenvalue weighted by molar-refractivity contribution is 5.58. The monoisotopic (exact) mass is 279 g/mol. The van der Waals surface area contributed by atoms with Crippen LogP contribution in [0.1, 0.15) is 0 Å². The normalized spacial score (nSPS) is 10.3. The molecule has 0 bridgehead atoms. The summed E-state index contributed by atoms with van der Waals surface area (Å²) in [5, 5.41) is 26.7. The van der Waals surface area contributed by atoms with E-state index in [1.165, 1.54) is 12.1 Å². The van der Waals surface area contributed by atoms with Crippen LogP contribution in [0.2, 0.25) is 0 Å². The SMILES string of the molecule is O=[N+]([O-])c1ccc(-c2nnc(-c3ccccc3)nn2)cc1. The molecule has 1 aromatic heterocycles. The van der Waals surface area contributed by atoms with E-state index in [4.69, 9.17) is 0 Å². The molecule has 21 heavy (non-hydrogen) atoms.